The van der Waals surface area contributed by atoms with Gasteiger partial charge in [-0.1, -0.05) is 33.6 Å². The molecule has 1 aromatic heterocycles. The zero-order chi connectivity index (χ0) is 20.6. The highest BCUT2D eigenvalue weighted by Gasteiger charge is 2.22. The van der Waals surface area contributed by atoms with E-state index in [4.69, 9.17) is 14.5 Å². The largest absolute Gasteiger partial charge is 0.513 e. The molecular formula is C24H32N2O3. The Labute approximate surface area is 173 Å². The smallest absolute Gasteiger partial charge is 0.434 e. The van der Waals surface area contributed by atoms with E-state index in [1.165, 1.54) is 30.5 Å². The zero-order valence-electron chi connectivity index (χ0n) is 17.8. The number of unbranched alkanes of at least 4 members (excludes halogenated alkanes) is 1. The number of hydrogen-bond acceptors (Lipinski definition) is 5. The maximum atomic E-state index is 11.6. The molecule has 5 heteroatoms. The van der Waals surface area contributed by atoms with Crippen LogP contribution in [0.3, 0.4) is 0 Å². The van der Waals surface area contributed by atoms with Crippen molar-refractivity contribution in [2.75, 3.05) is 6.61 Å². The molecule has 1 heterocycles. The Morgan fingerprint density at radius 2 is 2.03 bits per heavy atom. The summed E-state index contributed by atoms with van der Waals surface area (Å²) in [6, 6.07) is 7.26. The SMILES string of the molecule is CCCCOC(=O)Oc1ccc(-c2ncc3c(n2)CCC(CC(C)CC)C3)cc1. The van der Waals surface area contributed by atoms with Crippen LogP contribution >= 0.6 is 0 Å². The molecule has 2 unspecified atom stereocenters. The lowest BCUT2D eigenvalue weighted by Gasteiger charge is -2.26. The predicted molar refractivity (Wildman–Crippen MR) is 114 cm³/mol. The van der Waals surface area contributed by atoms with Crippen LogP contribution in [0.2, 0.25) is 0 Å². The molecule has 0 bridgehead atoms. The molecule has 0 spiro atoms. The molecule has 29 heavy (non-hydrogen) atoms. The van der Waals surface area contributed by atoms with Gasteiger partial charge in [-0.3, -0.25) is 0 Å². The molecule has 1 aliphatic carbocycles. The van der Waals surface area contributed by atoms with Gasteiger partial charge < -0.3 is 9.47 Å². The number of rotatable bonds is 8. The third-order valence-electron chi connectivity index (χ3n) is 5.72. The summed E-state index contributed by atoms with van der Waals surface area (Å²) in [5.41, 5.74) is 3.39. The second kappa shape index (κ2) is 10.4. The fourth-order valence-electron chi connectivity index (χ4n) is 3.76. The van der Waals surface area contributed by atoms with Crippen molar-refractivity contribution in [1.82, 2.24) is 9.97 Å². The van der Waals surface area contributed by atoms with Gasteiger partial charge in [0.1, 0.15) is 5.75 Å². The molecule has 3 rings (SSSR count). The summed E-state index contributed by atoms with van der Waals surface area (Å²) < 4.78 is 10.2. The van der Waals surface area contributed by atoms with Gasteiger partial charge in [-0.2, -0.15) is 0 Å². The average Bonchev–Trinajstić information content (AvgIpc) is 2.74. The maximum Gasteiger partial charge on any atom is 0.513 e. The summed E-state index contributed by atoms with van der Waals surface area (Å²) in [4.78, 5) is 21.1. The summed E-state index contributed by atoms with van der Waals surface area (Å²) in [6.07, 6.45) is 9.00. The minimum atomic E-state index is -0.664. The first kappa shape index (κ1) is 21.3. The van der Waals surface area contributed by atoms with Crippen LogP contribution < -0.4 is 4.74 Å². The van der Waals surface area contributed by atoms with E-state index in [9.17, 15) is 4.79 Å². The monoisotopic (exact) mass is 396 g/mol. The van der Waals surface area contributed by atoms with Gasteiger partial charge in [-0.25, -0.2) is 14.8 Å². The minimum absolute atomic E-state index is 0.384. The van der Waals surface area contributed by atoms with Crippen molar-refractivity contribution in [3.8, 4) is 17.1 Å². The summed E-state index contributed by atoms with van der Waals surface area (Å²) in [6.45, 7) is 7.03. The lowest BCUT2D eigenvalue weighted by atomic mass is 9.81. The highest BCUT2D eigenvalue weighted by atomic mass is 16.7. The summed E-state index contributed by atoms with van der Waals surface area (Å²) in [5, 5.41) is 0. The molecule has 0 amide bonds. The molecule has 0 N–H and O–H groups in total. The molecular weight excluding hydrogens is 364 g/mol. The number of ether oxygens (including phenoxy) is 2. The fraction of sp³-hybridized carbons (Fsp3) is 0.542. The van der Waals surface area contributed by atoms with Crippen LogP contribution in [-0.2, 0) is 17.6 Å². The van der Waals surface area contributed by atoms with Crippen LogP contribution in [0, 0.1) is 11.8 Å². The van der Waals surface area contributed by atoms with Crippen LogP contribution in [0.25, 0.3) is 11.4 Å². The van der Waals surface area contributed by atoms with Gasteiger partial charge in [-0.15, -0.1) is 0 Å². The van der Waals surface area contributed by atoms with Crippen LogP contribution in [0.15, 0.2) is 30.5 Å². The summed E-state index contributed by atoms with van der Waals surface area (Å²) in [7, 11) is 0. The van der Waals surface area contributed by atoms with Crippen molar-refractivity contribution in [2.45, 2.75) is 65.7 Å². The van der Waals surface area contributed by atoms with E-state index < -0.39 is 6.16 Å². The van der Waals surface area contributed by atoms with E-state index >= 15 is 0 Å². The van der Waals surface area contributed by atoms with E-state index in [0.717, 1.165) is 48.9 Å². The second-order valence-corrected chi connectivity index (χ2v) is 8.10. The van der Waals surface area contributed by atoms with Crippen molar-refractivity contribution in [3.05, 3.63) is 41.7 Å². The van der Waals surface area contributed by atoms with Gasteiger partial charge in [0.2, 0.25) is 0 Å². The number of benzene rings is 1. The van der Waals surface area contributed by atoms with E-state index in [0.29, 0.717) is 12.4 Å². The number of hydrogen-bond donors (Lipinski definition) is 0. The van der Waals surface area contributed by atoms with E-state index in [1.807, 2.05) is 25.3 Å². The number of aryl methyl sites for hydroxylation is 1. The van der Waals surface area contributed by atoms with E-state index in [1.54, 1.807) is 12.1 Å². The highest BCUT2D eigenvalue weighted by molar-refractivity contribution is 5.65. The summed E-state index contributed by atoms with van der Waals surface area (Å²) >= 11 is 0. The molecule has 156 valence electrons. The van der Waals surface area contributed by atoms with E-state index in [2.05, 4.69) is 18.8 Å². The Balaban J connectivity index is 1.61. The molecule has 0 radical (unpaired) electrons. The van der Waals surface area contributed by atoms with Crippen molar-refractivity contribution in [3.63, 3.8) is 0 Å². The Morgan fingerprint density at radius 3 is 2.76 bits per heavy atom. The van der Waals surface area contributed by atoms with Crippen LogP contribution in [-0.4, -0.2) is 22.7 Å². The Morgan fingerprint density at radius 1 is 1.24 bits per heavy atom. The number of aromatic nitrogens is 2. The van der Waals surface area contributed by atoms with Crippen LogP contribution in [0.5, 0.6) is 5.75 Å². The number of fused-ring (bicyclic) bond motifs is 1. The predicted octanol–water partition coefficient (Wildman–Crippen LogP) is 6.00. The van der Waals surface area contributed by atoms with Crippen molar-refractivity contribution in [2.24, 2.45) is 11.8 Å². The van der Waals surface area contributed by atoms with Gasteiger partial charge in [0.05, 0.1) is 6.61 Å². The summed E-state index contributed by atoms with van der Waals surface area (Å²) in [5.74, 6) is 2.72. The van der Waals surface area contributed by atoms with Gasteiger partial charge >= 0.3 is 6.16 Å². The first-order chi connectivity index (χ1) is 14.1. The van der Waals surface area contributed by atoms with Crippen LogP contribution in [0.4, 0.5) is 4.79 Å². The van der Waals surface area contributed by atoms with Gasteiger partial charge in [0.25, 0.3) is 0 Å². The topological polar surface area (TPSA) is 61.3 Å². The van der Waals surface area contributed by atoms with Gasteiger partial charge in [0.15, 0.2) is 5.82 Å². The third-order valence-corrected chi connectivity index (χ3v) is 5.72. The molecule has 2 atom stereocenters. The molecule has 0 saturated carbocycles. The molecule has 0 fully saturated rings. The number of carbonyl (C=O) groups excluding carboxylic acids is 1. The Bertz CT molecular complexity index is 804. The quantitative estimate of drug-likeness (QED) is 0.311. The van der Waals surface area contributed by atoms with E-state index in [-0.39, 0.29) is 0 Å². The second-order valence-electron chi connectivity index (χ2n) is 8.10. The normalized spacial score (nSPS) is 16.7. The van der Waals surface area contributed by atoms with Crippen molar-refractivity contribution in [1.29, 1.82) is 0 Å². The molecule has 0 aliphatic heterocycles. The lowest BCUT2D eigenvalue weighted by molar-refractivity contribution is 0.0978. The van der Waals surface area contributed by atoms with Crippen LogP contribution in [0.1, 0.15) is 64.1 Å². The van der Waals surface area contributed by atoms with Crippen molar-refractivity contribution >= 4 is 6.16 Å². The molecule has 1 aliphatic rings. The molecule has 1 aromatic carbocycles. The zero-order valence-corrected chi connectivity index (χ0v) is 17.8. The third kappa shape index (κ3) is 6.02. The number of carbonyl (C=O) groups is 1. The molecule has 0 saturated heterocycles. The van der Waals surface area contributed by atoms with Gasteiger partial charge in [-0.05, 0) is 73.8 Å². The van der Waals surface area contributed by atoms with Gasteiger partial charge in [0, 0.05) is 17.5 Å². The van der Waals surface area contributed by atoms with Crippen molar-refractivity contribution < 1.29 is 14.3 Å². The maximum absolute atomic E-state index is 11.6. The first-order valence-corrected chi connectivity index (χ1v) is 10.9. The molecule has 5 nitrogen and oxygen atoms in total. The number of nitrogens with zero attached hydrogens (tertiary/aromatic N) is 2. The first-order valence-electron chi connectivity index (χ1n) is 10.9. The minimum Gasteiger partial charge on any atom is -0.434 e. The highest BCUT2D eigenvalue weighted by Crippen LogP contribution is 2.30. The Hall–Kier alpha value is -2.43. The standard InChI is InChI=1S/C24H32N2O3/c1-4-6-13-28-24(27)29-21-10-8-19(9-11-21)23-25-16-20-15-18(14-17(3)5-2)7-12-22(20)26-23/h8-11,16-18H,4-7,12-15H2,1-3H3. The average molecular weight is 397 g/mol. The molecule has 2 aromatic rings. The lowest BCUT2D eigenvalue weighted by Crippen LogP contribution is -2.18. The Kier molecular flexibility index (Phi) is 7.62. The fourth-order valence-corrected chi connectivity index (χ4v) is 3.76.